The average molecular weight is 365 g/mol. The molecule has 1 N–H and O–H groups in total. The lowest BCUT2D eigenvalue weighted by Crippen LogP contribution is -2.36. The Kier molecular flexibility index (Phi) is 9.33. The van der Waals surface area contributed by atoms with Gasteiger partial charge in [-0.2, -0.15) is 8.78 Å². The lowest BCUT2D eigenvalue weighted by atomic mass is 9.99. The molecule has 1 aromatic carbocycles. The van der Waals surface area contributed by atoms with E-state index in [0.717, 1.165) is 31.7 Å². The summed E-state index contributed by atoms with van der Waals surface area (Å²) in [6.45, 7) is 3.34. The first-order chi connectivity index (χ1) is 11.1. The van der Waals surface area contributed by atoms with Gasteiger partial charge in [0, 0.05) is 13.1 Å². The van der Waals surface area contributed by atoms with Crippen LogP contribution in [-0.2, 0) is 6.54 Å². The first-order valence-corrected chi connectivity index (χ1v) is 8.18. The number of nitrogens with zero attached hydrogens (tertiary/aromatic N) is 1. The van der Waals surface area contributed by atoms with Crippen LogP contribution in [0.2, 0.25) is 0 Å². The zero-order valence-electron chi connectivity index (χ0n) is 14.3. The smallest absolute Gasteiger partial charge is 0.387 e. The number of nitrogens with one attached hydrogen (secondary N) is 1. The molecule has 1 aliphatic heterocycles. The Morgan fingerprint density at radius 2 is 2.12 bits per heavy atom. The topological polar surface area (TPSA) is 33.7 Å². The van der Waals surface area contributed by atoms with Crippen LogP contribution in [-0.4, -0.2) is 44.8 Å². The number of piperidine rings is 1. The van der Waals surface area contributed by atoms with Crippen molar-refractivity contribution >= 4 is 12.4 Å². The SMILES string of the molecule is CCOc1cc(CN(C)CC2CCCNC2)ccc1OC(F)F.Cl. The Balaban J connectivity index is 0.00000288. The highest BCUT2D eigenvalue weighted by molar-refractivity contribution is 5.85. The van der Waals surface area contributed by atoms with E-state index in [9.17, 15) is 8.78 Å². The zero-order valence-corrected chi connectivity index (χ0v) is 15.1. The number of hydrogen-bond acceptors (Lipinski definition) is 4. The summed E-state index contributed by atoms with van der Waals surface area (Å²) in [4.78, 5) is 2.26. The highest BCUT2D eigenvalue weighted by Crippen LogP contribution is 2.30. The molecule has 0 bridgehead atoms. The molecule has 1 unspecified atom stereocenters. The predicted molar refractivity (Wildman–Crippen MR) is 93.4 cm³/mol. The van der Waals surface area contributed by atoms with E-state index in [2.05, 4.69) is 22.0 Å². The molecule has 7 heteroatoms. The maximum Gasteiger partial charge on any atom is 0.387 e. The van der Waals surface area contributed by atoms with Crippen molar-refractivity contribution in [2.45, 2.75) is 32.9 Å². The van der Waals surface area contributed by atoms with Crippen LogP contribution in [0.4, 0.5) is 8.78 Å². The third kappa shape index (κ3) is 6.79. The molecule has 0 radical (unpaired) electrons. The van der Waals surface area contributed by atoms with Crippen molar-refractivity contribution in [3.63, 3.8) is 0 Å². The highest BCUT2D eigenvalue weighted by atomic mass is 35.5. The second-order valence-electron chi connectivity index (χ2n) is 6.00. The number of alkyl halides is 2. The molecule has 0 amide bonds. The lowest BCUT2D eigenvalue weighted by Gasteiger charge is -2.27. The van der Waals surface area contributed by atoms with Crippen LogP contribution >= 0.6 is 12.4 Å². The van der Waals surface area contributed by atoms with Crippen LogP contribution in [0.25, 0.3) is 0 Å². The van der Waals surface area contributed by atoms with Gasteiger partial charge in [0.15, 0.2) is 11.5 Å². The van der Waals surface area contributed by atoms with Gasteiger partial charge in [0.2, 0.25) is 0 Å². The second kappa shape index (κ2) is 10.7. The standard InChI is InChI=1S/C17H26F2N2O2.ClH/c1-3-22-16-9-13(6-7-15(16)23-17(18)19)11-21(2)12-14-5-4-8-20-10-14;/h6-7,9,14,17,20H,3-5,8,10-12H2,1-2H3;1H. The first-order valence-electron chi connectivity index (χ1n) is 8.18. The van der Waals surface area contributed by atoms with Gasteiger partial charge in [-0.25, -0.2) is 0 Å². The number of benzene rings is 1. The van der Waals surface area contributed by atoms with Gasteiger partial charge >= 0.3 is 6.61 Å². The Bertz CT molecular complexity index is 486. The van der Waals surface area contributed by atoms with Crippen LogP contribution in [0.15, 0.2) is 18.2 Å². The monoisotopic (exact) mass is 364 g/mol. The lowest BCUT2D eigenvalue weighted by molar-refractivity contribution is -0.0514. The third-order valence-corrected chi connectivity index (χ3v) is 3.95. The van der Waals surface area contributed by atoms with Crippen molar-refractivity contribution in [3.05, 3.63) is 23.8 Å². The zero-order chi connectivity index (χ0) is 16.7. The molecule has 1 saturated heterocycles. The van der Waals surface area contributed by atoms with Crippen molar-refractivity contribution in [2.24, 2.45) is 5.92 Å². The van der Waals surface area contributed by atoms with Gasteiger partial charge in [0.1, 0.15) is 0 Å². The van der Waals surface area contributed by atoms with Gasteiger partial charge in [-0.1, -0.05) is 6.07 Å². The minimum atomic E-state index is -2.85. The fourth-order valence-electron chi connectivity index (χ4n) is 3.01. The van der Waals surface area contributed by atoms with Gasteiger partial charge < -0.3 is 19.7 Å². The van der Waals surface area contributed by atoms with E-state index < -0.39 is 6.61 Å². The van der Waals surface area contributed by atoms with Crippen LogP contribution in [0.3, 0.4) is 0 Å². The largest absolute Gasteiger partial charge is 0.490 e. The van der Waals surface area contributed by atoms with Crippen molar-refractivity contribution in [1.82, 2.24) is 10.2 Å². The molecule has 0 spiro atoms. The highest BCUT2D eigenvalue weighted by Gasteiger charge is 2.16. The Labute approximate surface area is 148 Å². The number of hydrogen-bond donors (Lipinski definition) is 1. The van der Waals surface area contributed by atoms with E-state index in [-0.39, 0.29) is 18.2 Å². The van der Waals surface area contributed by atoms with Crippen molar-refractivity contribution in [2.75, 3.05) is 33.3 Å². The number of halogens is 3. The fraction of sp³-hybridized carbons (Fsp3) is 0.647. The van der Waals surface area contributed by atoms with E-state index in [4.69, 9.17) is 4.74 Å². The normalized spacial score (nSPS) is 17.7. The summed E-state index contributed by atoms with van der Waals surface area (Å²) >= 11 is 0. The third-order valence-electron chi connectivity index (χ3n) is 3.95. The summed E-state index contributed by atoms with van der Waals surface area (Å²) in [7, 11) is 2.08. The van der Waals surface area contributed by atoms with Crippen molar-refractivity contribution in [1.29, 1.82) is 0 Å². The van der Waals surface area contributed by atoms with Crippen LogP contribution in [0.1, 0.15) is 25.3 Å². The van der Waals surface area contributed by atoms with Crippen molar-refractivity contribution in [3.8, 4) is 11.5 Å². The molecular weight excluding hydrogens is 338 g/mol. The molecule has 4 nitrogen and oxygen atoms in total. The molecule has 24 heavy (non-hydrogen) atoms. The quantitative estimate of drug-likeness (QED) is 0.765. The summed E-state index contributed by atoms with van der Waals surface area (Å²) < 4.78 is 34.8. The molecule has 1 aromatic rings. The molecule has 1 atom stereocenters. The van der Waals surface area contributed by atoms with Gasteiger partial charge in [0.05, 0.1) is 6.61 Å². The van der Waals surface area contributed by atoms with Crippen LogP contribution in [0.5, 0.6) is 11.5 Å². The molecule has 0 aromatic heterocycles. The molecule has 138 valence electrons. The Morgan fingerprint density at radius 3 is 2.75 bits per heavy atom. The van der Waals surface area contributed by atoms with Crippen molar-refractivity contribution < 1.29 is 18.3 Å². The molecule has 1 heterocycles. The molecule has 0 saturated carbocycles. The maximum atomic E-state index is 12.4. The Morgan fingerprint density at radius 1 is 1.33 bits per heavy atom. The van der Waals surface area contributed by atoms with E-state index in [0.29, 0.717) is 18.3 Å². The number of ether oxygens (including phenoxy) is 2. The number of rotatable bonds is 8. The molecule has 1 aliphatic rings. The van der Waals surface area contributed by atoms with E-state index in [1.165, 1.54) is 12.8 Å². The van der Waals surface area contributed by atoms with E-state index in [1.807, 2.05) is 13.0 Å². The first kappa shape index (κ1) is 20.9. The molecule has 1 fully saturated rings. The van der Waals surface area contributed by atoms with Gasteiger partial charge in [-0.3, -0.25) is 0 Å². The van der Waals surface area contributed by atoms with Crippen LogP contribution < -0.4 is 14.8 Å². The van der Waals surface area contributed by atoms with Gasteiger partial charge in [-0.15, -0.1) is 12.4 Å². The average Bonchev–Trinajstić information content (AvgIpc) is 2.50. The van der Waals surface area contributed by atoms with E-state index in [1.54, 1.807) is 12.1 Å². The van der Waals surface area contributed by atoms with E-state index >= 15 is 0 Å². The summed E-state index contributed by atoms with van der Waals surface area (Å²) in [6.07, 6.45) is 2.48. The predicted octanol–water partition coefficient (Wildman–Crippen LogP) is 3.54. The minimum absolute atomic E-state index is 0. The second-order valence-corrected chi connectivity index (χ2v) is 6.00. The summed E-state index contributed by atoms with van der Waals surface area (Å²) in [5, 5.41) is 3.42. The Hall–Kier alpha value is -1.11. The maximum absolute atomic E-state index is 12.4. The summed E-state index contributed by atoms with van der Waals surface area (Å²) in [5.74, 6) is 1.13. The van der Waals surface area contributed by atoms with Gasteiger partial charge in [0.25, 0.3) is 0 Å². The molecule has 2 rings (SSSR count). The minimum Gasteiger partial charge on any atom is -0.490 e. The fourth-order valence-corrected chi connectivity index (χ4v) is 3.01. The summed E-state index contributed by atoms with van der Waals surface area (Å²) in [5.41, 5.74) is 1.03. The summed E-state index contributed by atoms with van der Waals surface area (Å²) in [6, 6.07) is 5.16. The van der Waals surface area contributed by atoms with Crippen LogP contribution in [0, 0.1) is 5.92 Å². The molecular formula is C17H27ClF2N2O2. The molecule has 0 aliphatic carbocycles. The van der Waals surface area contributed by atoms with Gasteiger partial charge in [-0.05, 0) is 63.5 Å².